The third kappa shape index (κ3) is 3.30. The molecule has 1 aliphatic carbocycles. The summed E-state index contributed by atoms with van der Waals surface area (Å²) in [4.78, 5) is 17.5. The number of ether oxygens (including phenoxy) is 1. The van der Waals surface area contributed by atoms with Crippen LogP contribution in [0.2, 0.25) is 0 Å². The van der Waals surface area contributed by atoms with Crippen molar-refractivity contribution in [2.45, 2.75) is 25.5 Å². The molecule has 7 heteroatoms. The Morgan fingerprint density at radius 1 is 1.29 bits per heavy atom. The molecule has 0 atom stereocenters. The maximum Gasteiger partial charge on any atom is 0.264 e. The highest BCUT2D eigenvalue weighted by atomic mass is 32.1. The van der Waals surface area contributed by atoms with Crippen molar-refractivity contribution in [3.05, 3.63) is 53.2 Å². The molecule has 0 saturated heterocycles. The van der Waals surface area contributed by atoms with E-state index >= 15 is 0 Å². The zero-order valence-electron chi connectivity index (χ0n) is 12.8. The van der Waals surface area contributed by atoms with E-state index in [0.29, 0.717) is 29.1 Å². The lowest BCUT2D eigenvalue weighted by Gasteiger charge is -2.09. The van der Waals surface area contributed by atoms with Crippen LogP contribution in [0.5, 0.6) is 5.75 Å². The molecule has 1 N–H and O–H groups in total. The molecule has 2 heterocycles. The predicted molar refractivity (Wildman–Crippen MR) is 88.9 cm³/mol. The SMILES string of the molecule is O=C(NC1CC1)c1ccccc1OCc1nc(-c2cccs2)no1. The van der Waals surface area contributed by atoms with Crippen molar-refractivity contribution in [1.29, 1.82) is 0 Å². The number of thiophene rings is 1. The van der Waals surface area contributed by atoms with Gasteiger partial charge in [-0.15, -0.1) is 11.3 Å². The van der Waals surface area contributed by atoms with Crippen LogP contribution in [0.1, 0.15) is 29.1 Å². The number of nitrogens with zero attached hydrogens (tertiary/aromatic N) is 2. The van der Waals surface area contributed by atoms with E-state index in [2.05, 4.69) is 15.5 Å². The van der Waals surface area contributed by atoms with E-state index in [-0.39, 0.29) is 12.5 Å². The van der Waals surface area contributed by atoms with Crippen LogP contribution < -0.4 is 10.1 Å². The van der Waals surface area contributed by atoms with Crippen LogP contribution in [0.3, 0.4) is 0 Å². The van der Waals surface area contributed by atoms with E-state index in [1.54, 1.807) is 23.5 Å². The summed E-state index contributed by atoms with van der Waals surface area (Å²) in [5, 5.41) is 8.86. The fourth-order valence-electron chi connectivity index (χ4n) is 2.23. The summed E-state index contributed by atoms with van der Waals surface area (Å²) in [5.41, 5.74) is 0.516. The minimum Gasteiger partial charge on any atom is -0.483 e. The van der Waals surface area contributed by atoms with Crippen LogP contribution in [0, 0.1) is 0 Å². The average Bonchev–Trinajstić information content (AvgIpc) is 3.07. The Hall–Kier alpha value is -2.67. The smallest absolute Gasteiger partial charge is 0.264 e. The number of hydrogen-bond donors (Lipinski definition) is 1. The third-order valence-electron chi connectivity index (χ3n) is 3.61. The lowest BCUT2D eigenvalue weighted by atomic mass is 10.2. The number of para-hydroxylation sites is 1. The van der Waals surface area contributed by atoms with Gasteiger partial charge in [0, 0.05) is 6.04 Å². The minimum atomic E-state index is -0.113. The highest BCUT2D eigenvalue weighted by Gasteiger charge is 2.25. The summed E-state index contributed by atoms with van der Waals surface area (Å²) in [6, 6.07) is 11.3. The Kier molecular flexibility index (Phi) is 4.00. The van der Waals surface area contributed by atoms with Crippen LogP contribution in [0.15, 0.2) is 46.3 Å². The average molecular weight is 341 g/mol. The van der Waals surface area contributed by atoms with Gasteiger partial charge in [0.15, 0.2) is 6.61 Å². The Morgan fingerprint density at radius 2 is 2.17 bits per heavy atom. The van der Waals surface area contributed by atoms with Crippen molar-refractivity contribution in [2.75, 3.05) is 0 Å². The standard InChI is InChI=1S/C17H15N3O3S/c21-17(18-11-7-8-11)12-4-1-2-5-13(12)22-10-15-19-16(20-23-15)14-6-3-9-24-14/h1-6,9,11H,7-8,10H2,(H,18,21). The molecule has 1 aliphatic rings. The molecular formula is C17H15N3O3S. The van der Waals surface area contributed by atoms with Crippen molar-refractivity contribution < 1.29 is 14.1 Å². The molecule has 6 nitrogen and oxygen atoms in total. The van der Waals surface area contributed by atoms with E-state index in [1.807, 2.05) is 29.6 Å². The lowest BCUT2D eigenvalue weighted by molar-refractivity contribution is 0.0945. The molecule has 3 aromatic rings. The topological polar surface area (TPSA) is 77.2 Å². The number of aromatic nitrogens is 2. The zero-order chi connectivity index (χ0) is 16.4. The van der Waals surface area contributed by atoms with Gasteiger partial charge >= 0.3 is 0 Å². The maximum absolute atomic E-state index is 12.2. The van der Waals surface area contributed by atoms with E-state index in [1.165, 1.54) is 0 Å². The molecule has 0 unspecified atom stereocenters. The second kappa shape index (κ2) is 6.45. The molecule has 1 fully saturated rings. The van der Waals surface area contributed by atoms with Crippen LogP contribution in [-0.4, -0.2) is 22.1 Å². The summed E-state index contributed by atoms with van der Waals surface area (Å²) in [5.74, 6) is 1.31. The molecule has 0 aliphatic heterocycles. The van der Waals surface area contributed by atoms with Crippen molar-refractivity contribution >= 4 is 17.2 Å². The molecule has 4 rings (SSSR count). The number of benzene rings is 1. The maximum atomic E-state index is 12.2. The molecule has 24 heavy (non-hydrogen) atoms. The molecule has 122 valence electrons. The molecule has 1 aromatic carbocycles. The Bertz CT molecular complexity index is 840. The number of rotatable bonds is 6. The Balaban J connectivity index is 1.45. The Morgan fingerprint density at radius 3 is 2.96 bits per heavy atom. The zero-order valence-corrected chi connectivity index (χ0v) is 13.6. The summed E-state index contributed by atoms with van der Waals surface area (Å²) < 4.78 is 10.9. The van der Waals surface area contributed by atoms with E-state index in [0.717, 1.165) is 17.7 Å². The summed E-state index contributed by atoms with van der Waals surface area (Å²) in [7, 11) is 0. The molecule has 0 spiro atoms. The van der Waals surface area contributed by atoms with E-state index < -0.39 is 0 Å². The second-order valence-corrected chi connectivity index (χ2v) is 6.47. The first-order valence-corrected chi connectivity index (χ1v) is 8.57. The van der Waals surface area contributed by atoms with Crippen molar-refractivity contribution in [3.8, 4) is 16.5 Å². The minimum absolute atomic E-state index is 0.113. The van der Waals surface area contributed by atoms with Gasteiger partial charge in [0.25, 0.3) is 11.8 Å². The third-order valence-corrected chi connectivity index (χ3v) is 4.47. The molecule has 0 radical (unpaired) electrons. The first kappa shape index (κ1) is 14.9. The molecular weight excluding hydrogens is 326 g/mol. The van der Waals surface area contributed by atoms with E-state index in [9.17, 15) is 4.79 Å². The van der Waals surface area contributed by atoms with Gasteiger partial charge in [-0.25, -0.2) is 0 Å². The fourth-order valence-corrected chi connectivity index (χ4v) is 2.88. The number of nitrogens with one attached hydrogen (secondary N) is 1. The summed E-state index contributed by atoms with van der Waals surface area (Å²) in [6.07, 6.45) is 2.09. The van der Waals surface area contributed by atoms with Crippen LogP contribution in [-0.2, 0) is 6.61 Å². The summed E-state index contributed by atoms with van der Waals surface area (Å²) >= 11 is 1.54. The lowest BCUT2D eigenvalue weighted by Crippen LogP contribution is -2.25. The number of hydrogen-bond acceptors (Lipinski definition) is 6. The predicted octanol–water partition coefficient (Wildman–Crippen LogP) is 3.27. The molecule has 2 aromatic heterocycles. The fraction of sp³-hybridized carbons (Fsp3) is 0.235. The first-order valence-electron chi connectivity index (χ1n) is 7.69. The summed E-state index contributed by atoms with van der Waals surface area (Å²) in [6.45, 7) is 0.117. The van der Waals surface area contributed by atoms with Gasteiger partial charge in [-0.05, 0) is 36.4 Å². The van der Waals surface area contributed by atoms with Gasteiger partial charge in [-0.1, -0.05) is 23.4 Å². The number of carbonyl (C=O) groups is 1. The molecule has 1 saturated carbocycles. The van der Waals surface area contributed by atoms with Gasteiger partial charge in [0.05, 0.1) is 10.4 Å². The van der Waals surface area contributed by atoms with Crippen LogP contribution in [0.25, 0.3) is 10.7 Å². The monoisotopic (exact) mass is 341 g/mol. The van der Waals surface area contributed by atoms with Crippen molar-refractivity contribution in [3.63, 3.8) is 0 Å². The van der Waals surface area contributed by atoms with Crippen LogP contribution in [0.4, 0.5) is 0 Å². The van der Waals surface area contributed by atoms with E-state index in [4.69, 9.17) is 9.26 Å². The number of carbonyl (C=O) groups excluding carboxylic acids is 1. The number of amides is 1. The highest BCUT2D eigenvalue weighted by molar-refractivity contribution is 7.13. The van der Waals surface area contributed by atoms with Gasteiger partial charge in [-0.3, -0.25) is 4.79 Å². The first-order chi connectivity index (χ1) is 11.8. The van der Waals surface area contributed by atoms with Crippen molar-refractivity contribution in [1.82, 2.24) is 15.5 Å². The van der Waals surface area contributed by atoms with Crippen LogP contribution >= 0.6 is 11.3 Å². The quantitative estimate of drug-likeness (QED) is 0.744. The Labute approximate surface area is 142 Å². The molecule has 1 amide bonds. The largest absolute Gasteiger partial charge is 0.483 e. The van der Waals surface area contributed by atoms with Gasteiger partial charge < -0.3 is 14.6 Å². The molecule has 0 bridgehead atoms. The van der Waals surface area contributed by atoms with Gasteiger partial charge in [0.1, 0.15) is 5.75 Å². The van der Waals surface area contributed by atoms with Crippen molar-refractivity contribution in [2.24, 2.45) is 0 Å². The second-order valence-electron chi connectivity index (χ2n) is 5.52. The normalized spacial score (nSPS) is 13.7. The highest BCUT2D eigenvalue weighted by Crippen LogP contribution is 2.24. The van der Waals surface area contributed by atoms with Gasteiger partial charge in [-0.2, -0.15) is 4.98 Å². The van der Waals surface area contributed by atoms with Gasteiger partial charge in [0.2, 0.25) is 5.82 Å².